The largest absolute Gasteiger partial charge is 0.494 e. The van der Waals surface area contributed by atoms with Crippen LogP contribution in [0.15, 0.2) is 29.2 Å². The third-order valence-electron chi connectivity index (χ3n) is 3.66. The molecule has 0 spiro atoms. The van der Waals surface area contributed by atoms with Crippen molar-refractivity contribution in [3.63, 3.8) is 0 Å². The van der Waals surface area contributed by atoms with Crippen LogP contribution in [0.25, 0.3) is 0 Å². The molecule has 1 amide bonds. The maximum atomic E-state index is 12.2. The van der Waals surface area contributed by atoms with Crippen LogP contribution in [0.5, 0.6) is 5.75 Å². The Balaban J connectivity index is 2.05. The molecule has 1 saturated carbocycles. The summed E-state index contributed by atoms with van der Waals surface area (Å²) in [6.45, 7) is 2.37. The first-order chi connectivity index (χ1) is 10.0. The highest BCUT2D eigenvalue weighted by Gasteiger charge is 2.25. The Morgan fingerprint density at radius 1 is 1.19 bits per heavy atom. The molecule has 1 fully saturated rings. The van der Waals surface area contributed by atoms with Gasteiger partial charge in [-0.1, -0.05) is 19.3 Å². The van der Waals surface area contributed by atoms with E-state index in [1.165, 1.54) is 12.1 Å². The number of rotatable bonds is 5. The van der Waals surface area contributed by atoms with Crippen LogP contribution < -0.4 is 9.46 Å². The molecule has 5 nitrogen and oxygen atoms in total. The van der Waals surface area contributed by atoms with E-state index in [0.29, 0.717) is 12.4 Å². The number of amides is 1. The first-order valence-electron chi connectivity index (χ1n) is 7.32. The third-order valence-corrected chi connectivity index (χ3v) is 5.02. The Morgan fingerprint density at radius 3 is 2.38 bits per heavy atom. The van der Waals surface area contributed by atoms with Gasteiger partial charge < -0.3 is 4.74 Å². The van der Waals surface area contributed by atoms with Crippen LogP contribution in [0.2, 0.25) is 0 Å². The topological polar surface area (TPSA) is 72.5 Å². The van der Waals surface area contributed by atoms with Gasteiger partial charge in [-0.2, -0.15) is 0 Å². The van der Waals surface area contributed by atoms with E-state index in [1.807, 2.05) is 6.92 Å². The van der Waals surface area contributed by atoms with E-state index in [1.54, 1.807) is 12.1 Å². The van der Waals surface area contributed by atoms with E-state index in [2.05, 4.69) is 4.72 Å². The summed E-state index contributed by atoms with van der Waals surface area (Å²) in [6, 6.07) is 6.06. The molecule has 1 aliphatic carbocycles. The minimum absolute atomic E-state index is 0.0788. The van der Waals surface area contributed by atoms with E-state index < -0.39 is 10.0 Å². The van der Waals surface area contributed by atoms with Crippen molar-refractivity contribution in [2.24, 2.45) is 5.92 Å². The molecule has 0 aliphatic heterocycles. The van der Waals surface area contributed by atoms with E-state index in [0.717, 1.165) is 32.1 Å². The molecule has 1 N–H and O–H groups in total. The molecule has 0 heterocycles. The molecule has 2 rings (SSSR count). The summed E-state index contributed by atoms with van der Waals surface area (Å²) < 4.78 is 31.8. The van der Waals surface area contributed by atoms with Gasteiger partial charge in [0.05, 0.1) is 11.5 Å². The van der Waals surface area contributed by atoms with Gasteiger partial charge in [-0.3, -0.25) is 4.79 Å². The van der Waals surface area contributed by atoms with Crippen LogP contribution in [0, 0.1) is 5.92 Å². The van der Waals surface area contributed by atoms with Crippen molar-refractivity contribution < 1.29 is 17.9 Å². The van der Waals surface area contributed by atoms with Crippen molar-refractivity contribution in [2.45, 2.75) is 43.9 Å². The molecule has 1 aliphatic rings. The lowest BCUT2D eigenvalue weighted by molar-refractivity contribution is -0.124. The molecule has 21 heavy (non-hydrogen) atoms. The van der Waals surface area contributed by atoms with Gasteiger partial charge in [-0.05, 0) is 44.0 Å². The fraction of sp³-hybridized carbons (Fsp3) is 0.533. The molecular weight excluding hydrogens is 290 g/mol. The summed E-state index contributed by atoms with van der Waals surface area (Å²) >= 11 is 0. The number of ether oxygens (including phenoxy) is 1. The van der Waals surface area contributed by atoms with Gasteiger partial charge in [-0.15, -0.1) is 0 Å². The number of carbonyl (C=O) groups excluding carboxylic acids is 1. The van der Waals surface area contributed by atoms with Crippen LogP contribution in [0.3, 0.4) is 0 Å². The van der Waals surface area contributed by atoms with Gasteiger partial charge in [0.25, 0.3) is 10.0 Å². The number of carbonyl (C=O) groups is 1. The van der Waals surface area contributed by atoms with Gasteiger partial charge in [0.2, 0.25) is 5.91 Å². The molecule has 0 unspecified atom stereocenters. The second-order valence-electron chi connectivity index (χ2n) is 5.21. The zero-order valence-electron chi connectivity index (χ0n) is 12.2. The first-order valence-corrected chi connectivity index (χ1v) is 8.81. The number of hydrogen-bond acceptors (Lipinski definition) is 4. The first kappa shape index (κ1) is 15.8. The van der Waals surface area contributed by atoms with Crippen molar-refractivity contribution in [2.75, 3.05) is 6.61 Å². The van der Waals surface area contributed by atoms with Gasteiger partial charge in [0.15, 0.2) is 0 Å². The van der Waals surface area contributed by atoms with Crippen LogP contribution in [0.1, 0.15) is 39.0 Å². The van der Waals surface area contributed by atoms with Crippen LogP contribution in [-0.2, 0) is 14.8 Å². The molecule has 6 heteroatoms. The second kappa shape index (κ2) is 6.93. The van der Waals surface area contributed by atoms with Gasteiger partial charge >= 0.3 is 0 Å². The Hall–Kier alpha value is -1.56. The molecule has 0 aromatic heterocycles. The molecule has 116 valence electrons. The van der Waals surface area contributed by atoms with Gasteiger partial charge in [0, 0.05) is 5.92 Å². The second-order valence-corrected chi connectivity index (χ2v) is 6.89. The smallest absolute Gasteiger partial charge is 0.264 e. The molecular formula is C15H21NO4S. The van der Waals surface area contributed by atoms with Crippen molar-refractivity contribution in [1.82, 2.24) is 4.72 Å². The van der Waals surface area contributed by atoms with Crippen LogP contribution in [0.4, 0.5) is 0 Å². The minimum Gasteiger partial charge on any atom is -0.494 e. The van der Waals surface area contributed by atoms with E-state index in [9.17, 15) is 13.2 Å². The van der Waals surface area contributed by atoms with Gasteiger partial charge in [-0.25, -0.2) is 13.1 Å². The quantitative estimate of drug-likeness (QED) is 0.906. The number of hydrogen-bond donors (Lipinski definition) is 1. The van der Waals surface area contributed by atoms with E-state index in [-0.39, 0.29) is 16.7 Å². The number of nitrogens with one attached hydrogen (secondary N) is 1. The molecule has 0 radical (unpaired) electrons. The average molecular weight is 311 g/mol. The van der Waals surface area contributed by atoms with Crippen molar-refractivity contribution in [1.29, 1.82) is 0 Å². The minimum atomic E-state index is -3.80. The Labute approximate surface area is 125 Å². The lowest BCUT2D eigenvalue weighted by atomic mass is 9.89. The highest BCUT2D eigenvalue weighted by molar-refractivity contribution is 7.90. The summed E-state index contributed by atoms with van der Waals surface area (Å²) in [7, 11) is -3.80. The lowest BCUT2D eigenvalue weighted by Crippen LogP contribution is -2.36. The Bertz CT molecular complexity index is 574. The summed E-state index contributed by atoms with van der Waals surface area (Å²) in [5, 5.41) is 0. The fourth-order valence-electron chi connectivity index (χ4n) is 2.52. The third kappa shape index (κ3) is 4.20. The maximum absolute atomic E-state index is 12.2. The molecule has 1 aromatic rings. The summed E-state index contributed by atoms with van der Waals surface area (Å²) in [4.78, 5) is 12.1. The summed E-state index contributed by atoms with van der Waals surface area (Å²) in [5.41, 5.74) is 0. The zero-order chi connectivity index (χ0) is 15.3. The predicted octanol–water partition coefficient (Wildman–Crippen LogP) is 2.47. The van der Waals surface area contributed by atoms with Crippen molar-refractivity contribution in [3.05, 3.63) is 24.3 Å². The summed E-state index contributed by atoms with van der Waals surface area (Å²) in [5.74, 6) is 0.0369. The van der Waals surface area contributed by atoms with E-state index >= 15 is 0 Å². The Kier molecular flexibility index (Phi) is 5.22. The predicted molar refractivity (Wildman–Crippen MR) is 79.5 cm³/mol. The SMILES string of the molecule is CCOc1ccc(S(=O)(=O)NC(=O)C2CCCCC2)cc1. The van der Waals surface area contributed by atoms with Crippen LogP contribution in [-0.4, -0.2) is 20.9 Å². The van der Waals surface area contributed by atoms with Gasteiger partial charge in [0.1, 0.15) is 5.75 Å². The number of benzene rings is 1. The molecule has 0 bridgehead atoms. The normalized spacial score (nSPS) is 16.4. The van der Waals surface area contributed by atoms with Crippen LogP contribution >= 0.6 is 0 Å². The Morgan fingerprint density at radius 2 is 1.81 bits per heavy atom. The standard InChI is InChI=1S/C15H21NO4S/c1-2-20-13-8-10-14(11-9-13)21(18,19)16-15(17)12-6-4-3-5-7-12/h8-12H,2-7H2,1H3,(H,16,17). The monoisotopic (exact) mass is 311 g/mol. The zero-order valence-corrected chi connectivity index (χ0v) is 13.0. The lowest BCUT2D eigenvalue weighted by Gasteiger charge is -2.20. The highest BCUT2D eigenvalue weighted by atomic mass is 32.2. The molecule has 1 aromatic carbocycles. The molecule has 0 saturated heterocycles. The number of sulfonamides is 1. The average Bonchev–Trinajstić information content (AvgIpc) is 2.48. The van der Waals surface area contributed by atoms with Crippen molar-refractivity contribution in [3.8, 4) is 5.75 Å². The van der Waals surface area contributed by atoms with Crippen molar-refractivity contribution >= 4 is 15.9 Å². The molecule has 0 atom stereocenters. The highest BCUT2D eigenvalue weighted by Crippen LogP contribution is 2.24. The summed E-state index contributed by atoms with van der Waals surface area (Å²) in [6.07, 6.45) is 4.63. The fourth-order valence-corrected chi connectivity index (χ4v) is 3.56. The maximum Gasteiger partial charge on any atom is 0.264 e. The van der Waals surface area contributed by atoms with E-state index in [4.69, 9.17) is 4.74 Å².